The molecule has 6 spiro atoms. The molecule has 66 heavy (non-hydrogen) atoms. The number of esters is 2. The van der Waals surface area contributed by atoms with Crippen molar-refractivity contribution < 1.29 is 68.0 Å². The van der Waals surface area contributed by atoms with Gasteiger partial charge in [0.1, 0.15) is 34.8 Å². The van der Waals surface area contributed by atoms with Crippen LogP contribution in [0.1, 0.15) is 49.7 Å². The van der Waals surface area contributed by atoms with Gasteiger partial charge in [-0.3, -0.25) is 19.6 Å². The number of hydrogen-bond donors (Lipinski definition) is 4. The molecule has 12 aliphatic rings. The van der Waals surface area contributed by atoms with Crippen LogP contribution in [0.4, 0.5) is 21.0 Å². The number of rotatable bonds is 5. The van der Waals surface area contributed by atoms with E-state index in [1.807, 2.05) is 36.4 Å². The van der Waals surface area contributed by atoms with Crippen LogP contribution in [0.15, 0.2) is 60.2 Å². The van der Waals surface area contributed by atoms with E-state index in [2.05, 4.69) is 15.9 Å². The highest BCUT2D eigenvalue weighted by atomic mass is 16.6. The van der Waals surface area contributed by atoms with Gasteiger partial charge in [0.2, 0.25) is 11.2 Å². The molecule has 2 aromatic carbocycles. The van der Waals surface area contributed by atoms with E-state index in [0.29, 0.717) is 66.5 Å². The number of hydrogen-bond acceptors (Lipinski definition) is 16. The van der Waals surface area contributed by atoms with Crippen LogP contribution in [0.3, 0.4) is 0 Å². The lowest BCUT2D eigenvalue weighted by Gasteiger charge is -2.73. The molecule has 350 valence electrons. The van der Waals surface area contributed by atoms with Crippen molar-refractivity contribution in [1.82, 2.24) is 9.80 Å². The van der Waals surface area contributed by atoms with E-state index in [1.165, 1.54) is 38.2 Å². The van der Waals surface area contributed by atoms with Crippen LogP contribution >= 0.6 is 0 Å². The van der Waals surface area contributed by atoms with Crippen LogP contribution in [0, 0.1) is 10.8 Å². The van der Waals surface area contributed by atoms with Crippen LogP contribution in [-0.4, -0.2) is 169 Å². The Bertz CT molecular complexity index is 2640. The molecule has 6 aliphatic carbocycles. The Labute approximate surface area is 380 Å². The Morgan fingerprint density at radius 1 is 0.621 bits per heavy atom. The van der Waals surface area contributed by atoms with Crippen molar-refractivity contribution in [2.75, 3.05) is 72.1 Å². The van der Waals surface area contributed by atoms with E-state index < -0.39 is 98.4 Å². The number of nitrogens with zero attached hydrogens (tertiary/aromatic N) is 4. The third kappa shape index (κ3) is 3.78. The number of ether oxygens (including phenoxy) is 6. The smallest absolute Gasteiger partial charge is 0.414 e. The van der Waals surface area contributed by atoms with E-state index in [-0.39, 0.29) is 25.7 Å². The van der Waals surface area contributed by atoms with Gasteiger partial charge in [-0.1, -0.05) is 42.5 Å². The fraction of sp³-hybridized carbons (Fsp3) is 0.583. The van der Waals surface area contributed by atoms with Crippen molar-refractivity contribution in [3.8, 4) is 11.5 Å². The lowest BCUT2D eigenvalue weighted by atomic mass is 9.36. The summed E-state index contributed by atoms with van der Waals surface area (Å²) >= 11 is 0. The van der Waals surface area contributed by atoms with Gasteiger partial charge in [0.15, 0.2) is 0 Å². The zero-order valence-electron chi connectivity index (χ0n) is 37.6. The van der Waals surface area contributed by atoms with E-state index in [1.54, 1.807) is 12.1 Å². The summed E-state index contributed by atoms with van der Waals surface area (Å²) in [6.45, 7) is 1.28. The minimum Gasteiger partial charge on any atom is -0.495 e. The predicted molar refractivity (Wildman–Crippen MR) is 230 cm³/mol. The van der Waals surface area contributed by atoms with Gasteiger partial charge in [-0.2, -0.15) is 0 Å². The molecule has 18 nitrogen and oxygen atoms in total. The van der Waals surface area contributed by atoms with Crippen LogP contribution in [0.5, 0.6) is 11.5 Å². The van der Waals surface area contributed by atoms with Gasteiger partial charge < -0.3 is 48.8 Å². The minimum absolute atomic E-state index is 0.0958. The highest BCUT2D eigenvalue weighted by Crippen LogP contribution is 2.80. The van der Waals surface area contributed by atoms with Gasteiger partial charge in [0.05, 0.1) is 60.1 Å². The molecule has 18 heteroatoms. The number of aliphatic hydroxyl groups is 4. The molecule has 2 amide bonds. The fourth-order valence-corrected chi connectivity index (χ4v) is 17.5. The highest BCUT2D eigenvalue weighted by molar-refractivity contribution is 6.03. The van der Waals surface area contributed by atoms with Crippen LogP contribution in [0.25, 0.3) is 0 Å². The summed E-state index contributed by atoms with van der Waals surface area (Å²) in [5.74, 6) is -1.47. The maximum Gasteiger partial charge on any atom is 0.414 e. The quantitative estimate of drug-likeness (QED) is 0.191. The molecule has 14 rings (SSSR count). The number of anilines is 2. The second kappa shape index (κ2) is 12.8. The molecule has 6 aliphatic heterocycles. The predicted octanol–water partition coefficient (Wildman–Crippen LogP) is 1.67. The van der Waals surface area contributed by atoms with Crippen LogP contribution in [-0.2, 0) is 39.4 Å². The molecule has 8 fully saturated rings. The Balaban J connectivity index is 1.08. The standard InChI is InChI=1S/C48H54N4O14/c1-61-29-11-7-9-26-31(29)51(39(57)65-5)45-18-16-42(36(54)48(45,60)38(56)64-4)23-25(24-49-21-19-43(26,45)33(42)49)28-13-14-41-15-17-46(47(59,35(41)53)37(55)63-3)44(20-22-50(28)34(41)44)27-10-8-12-30(62-2)32(27)52(46)40(58)66-6/h7-14,23,28,33-36,53-54,59-60H,15-22,24H2,1-6H3/t28-,33-,34-,35+,36+,41-,42+,43+,44+,45-,46-,47+,48+/m0/s1. The molecule has 0 unspecified atom stereocenters. The zero-order valence-corrected chi connectivity index (χ0v) is 37.6. The van der Waals surface area contributed by atoms with Crippen molar-refractivity contribution in [1.29, 1.82) is 0 Å². The second-order valence-electron chi connectivity index (χ2n) is 20.1. The van der Waals surface area contributed by atoms with E-state index >= 15 is 0 Å². The summed E-state index contributed by atoms with van der Waals surface area (Å²) in [6.07, 6.45) is 2.36. The van der Waals surface area contributed by atoms with Crippen molar-refractivity contribution in [2.45, 2.75) is 102 Å². The summed E-state index contributed by atoms with van der Waals surface area (Å²) in [7, 11) is 7.76. The molecule has 13 atom stereocenters. The number of amides is 2. The Kier molecular flexibility index (Phi) is 8.20. The van der Waals surface area contributed by atoms with Gasteiger partial charge in [0.25, 0.3) is 0 Å². The third-order valence-electron chi connectivity index (χ3n) is 19.1. The maximum atomic E-state index is 14.5. The van der Waals surface area contributed by atoms with Crippen LogP contribution < -0.4 is 19.3 Å². The normalized spacial score (nSPS) is 43.5. The van der Waals surface area contributed by atoms with Crippen LogP contribution in [0.2, 0.25) is 0 Å². The second-order valence-corrected chi connectivity index (χ2v) is 20.1. The number of fused-ring (bicyclic) bond motifs is 6. The van der Waals surface area contributed by atoms with E-state index in [4.69, 9.17) is 28.4 Å². The SMILES string of the molecule is COC(=O)N1c2c(OC)cccc2[C@@]23CCN4CC([C@@H]5C=C[C@]67CC[C@@]8(N(C(=O)OC)c9c(OC)cccc9[C@@]89CCN5[C@@H]69)[C@](O)(C(=O)OC)[C@@H]7O)=C[C@]5(CC[C@]12[C@](O)(C(=O)OC)[C@@H]5O)[C@H]43. The van der Waals surface area contributed by atoms with Gasteiger partial charge >= 0.3 is 24.1 Å². The lowest BCUT2D eigenvalue weighted by molar-refractivity contribution is -0.265. The van der Waals surface area contributed by atoms with Crippen molar-refractivity contribution in [2.24, 2.45) is 10.8 Å². The monoisotopic (exact) mass is 910 g/mol. The summed E-state index contributed by atoms with van der Waals surface area (Å²) in [4.78, 5) is 64.8. The number of methoxy groups -OCH3 is 6. The van der Waals surface area contributed by atoms with E-state index in [9.17, 15) is 39.6 Å². The number of aliphatic hydroxyl groups excluding tert-OH is 2. The first kappa shape index (κ1) is 42.1. The Morgan fingerprint density at radius 3 is 1.64 bits per heavy atom. The molecule has 2 aromatic rings. The van der Waals surface area contributed by atoms with Gasteiger partial charge in [-0.25, -0.2) is 19.2 Å². The number of para-hydroxylation sites is 2. The van der Waals surface area contributed by atoms with Crippen molar-refractivity contribution in [3.05, 3.63) is 71.3 Å². The van der Waals surface area contributed by atoms with Gasteiger partial charge in [0, 0.05) is 46.8 Å². The topological polar surface area (TPSA) is 218 Å². The summed E-state index contributed by atoms with van der Waals surface area (Å²) in [5.41, 5.74) is -10.6. The number of carbonyl (C=O) groups is 4. The largest absolute Gasteiger partial charge is 0.495 e. The molecule has 6 saturated carbocycles. The summed E-state index contributed by atoms with van der Waals surface area (Å²) in [6, 6.07) is 9.29. The first-order chi connectivity index (χ1) is 31.6. The van der Waals surface area contributed by atoms with Crippen molar-refractivity contribution in [3.63, 3.8) is 0 Å². The summed E-state index contributed by atoms with van der Waals surface area (Å²) < 4.78 is 33.5. The fourth-order valence-electron chi connectivity index (χ4n) is 17.5. The first-order valence-electron chi connectivity index (χ1n) is 22.6. The molecule has 4 N–H and O–H groups in total. The van der Waals surface area contributed by atoms with E-state index in [0.717, 1.165) is 19.8 Å². The first-order valence-corrected chi connectivity index (χ1v) is 22.6. The molecular weight excluding hydrogens is 857 g/mol. The molecular formula is C48H54N4O14. The third-order valence-corrected chi connectivity index (χ3v) is 19.1. The van der Waals surface area contributed by atoms with Crippen molar-refractivity contribution >= 4 is 35.5 Å². The molecule has 0 radical (unpaired) electrons. The zero-order chi connectivity index (χ0) is 46.5. The number of benzene rings is 2. The lowest BCUT2D eigenvalue weighted by Crippen LogP contribution is -2.91. The molecule has 6 heterocycles. The minimum atomic E-state index is -2.66. The Morgan fingerprint density at radius 2 is 1.12 bits per heavy atom. The number of carbonyl (C=O) groups excluding carboxylic acids is 4. The summed E-state index contributed by atoms with van der Waals surface area (Å²) in [5, 5.41) is 52.6. The molecule has 0 aromatic heterocycles. The molecule has 4 bridgehead atoms. The van der Waals surface area contributed by atoms with Gasteiger partial charge in [-0.05, 0) is 73.9 Å². The maximum absolute atomic E-state index is 14.5. The molecule has 2 saturated heterocycles. The average molecular weight is 911 g/mol. The van der Waals surface area contributed by atoms with Gasteiger partial charge in [-0.15, -0.1) is 0 Å². The Hall–Kier alpha value is -5.24. The highest BCUT2D eigenvalue weighted by Gasteiger charge is 2.92. The average Bonchev–Trinajstić information content (AvgIpc) is 4.09.